The van der Waals surface area contributed by atoms with Crippen LogP contribution in [0, 0.1) is 0 Å². The summed E-state index contributed by atoms with van der Waals surface area (Å²) < 4.78 is 18.7. The Morgan fingerprint density at radius 1 is 0.650 bits per heavy atom. The van der Waals surface area contributed by atoms with Crippen LogP contribution in [0.15, 0.2) is 0 Å². The lowest BCUT2D eigenvalue weighted by molar-refractivity contribution is -0.150. The van der Waals surface area contributed by atoms with Crippen LogP contribution in [0.5, 0.6) is 0 Å². The largest absolute Gasteiger partial charge is 0.462 e. The van der Waals surface area contributed by atoms with E-state index in [0.29, 0.717) is 6.42 Å². The van der Waals surface area contributed by atoms with Crippen LogP contribution in [0.4, 0.5) is 0 Å². The molecule has 240 valence electrons. The first-order valence-electron chi connectivity index (χ1n) is 16.7. The van der Waals surface area contributed by atoms with E-state index in [1.165, 1.54) is 25.7 Å². The van der Waals surface area contributed by atoms with Gasteiger partial charge in [-0.1, -0.05) is 81.1 Å². The Balaban J connectivity index is 4.48. The van der Waals surface area contributed by atoms with E-state index in [2.05, 4.69) is 86.5 Å². The van der Waals surface area contributed by atoms with Gasteiger partial charge in [-0.05, 0) is 101 Å². The number of unbranched alkanes of at least 4 members (excludes halogenated alkanes) is 6. The Morgan fingerprint density at radius 3 is 1.43 bits per heavy atom. The third kappa shape index (κ3) is 17.7. The van der Waals surface area contributed by atoms with Gasteiger partial charge in [0, 0.05) is 19.6 Å². The fraction of sp³-hybridized carbons (Fsp3) is 0.970. The molecule has 0 bridgehead atoms. The standard InChI is InChI=1S/C33H71NO4Si2/c1-13-34(14-2)27-23-26-31(35)38-30(24-19-15-17-21-28-36-39(9,10)32(3,4)5)25-20-16-18-22-29-37-40(11,12)33(6,7)8/h30H,13-29H2,1-12H3. The minimum absolute atomic E-state index is 0.0114. The molecule has 7 heteroatoms. The summed E-state index contributed by atoms with van der Waals surface area (Å²) in [4.78, 5) is 15.0. The van der Waals surface area contributed by atoms with Gasteiger partial charge in [0.1, 0.15) is 6.10 Å². The van der Waals surface area contributed by atoms with E-state index in [4.69, 9.17) is 13.6 Å². The van der Waals surface area contributed by atoms with Gasteiger partial charge >= 0.3 is 5.97 Å². The molecule has 0 aliphatic rings. The van der Waals surface area contributed by atoms with Crippen LogP contribution in [0.2, 0.25) is 36.3 Å². The van der Waals surface area contributed by atoms with Crippen LogP contribution < -0.4 is 0 Å². The summed E-state index contributed by atoms with van der Waals surface area (Å²) >= 11 is 0. The van der Waals surface area contributed by atoms with E-state index in [9.17, 15) is 4.79 Å². The van der Waals surface area contributed by atoms with Crippen molar-refractivity contribution in [3.63, 3.8) is 0 Å². The Labute approximate surface area is 253 Å². The van der Waals surface area contributed by atoms with Crippen molar-refractivity contribution in [1.29, 1.82) is 0 Å². The molecule has 0 spiro atoms. The number of nitrogens with zero attached hydrogens (tertiary/aromatic N) is 1. The zero-order chi connectivity index (χ0) is 30.9. The van der Waals surface area contributed by atoms with Crippen molar-refractivity contribution in [3.05, 3.63) is 0 Å². The van der Waals surface area contributed by atoms with Crippen molar-refractivity contribution in [1.82, 2.24) is 4.90 Å². The van der Waals surface area contributed by atoms with Gasteiger partial charge in [-0.3, -0.25) is 4.79 Å². The first-order chi connectivity index (χ1) is 18.5. The molecule has 0 N–H and O–H groups in total. The minimum atomic E-state index is -1.64. The molecule has 0 saturated heterocycles. The average molecular weight is 602 g/mol. The summed E-state index contributed by atoms with van der Waals surface area (Å²) in [5, 5.41) is 0.542. The zero-order valence-electron chi connectivity index (χ0n) is 29.2. The second-order valence-corrected chi connectivity index (χ2v) is 24.5. The summed E-state index contributed by atoms with van der Waals surface area (Å²) in [5.41, 5.74) is 0. The van der Waals surface area contributed by atoms with Crippen LogP contribution in [-0.4, -0.2) is 66.5 Å². The Kier molecular flexibility index (Phi) is 19.8. The van der Waals surface area contributed by atoms with E-state index in [-0.39, 0.29) is 22.1 Å². The van der Waals surface area contributed by atoms with E-state index < -0.39 is 16.6 Å². The molecule has 0 radical (unpaired) electrons. The molecule has 0 fully saturated rings. The molecule has 0 aromatic carbocycles. The first kappa shape index (κ1) is 39.8. The summed E-state index contributed by atoms with van der Waals surface area (Å²) in [6.45, 7) is 32.3. The molecule has 5 nitrogen and oxygen atoms in total. The van der Waals surface area contributed by atoms with Gasteiger partial charge in [0.2, 0.25) is 0 Å². The molecule has 0 aromatic rings. The quantitative estimate of drug-likeness (QED) is 0.0662. The number of esters is 1. The maximum absolute atomic E-state index is 12.6. The normalized spacial score (nSPS) is 13.4. The van der Waals surface area contributed by atoms with Crippen molar-refractivity contribution in [2.24, 2.45) is 0 Å². The molecular weight excluding hydrogens is 531 g/mol. The highest BCUT2D eigenvalue weighted by atomic mass is 28.4. The van der Waals surface area contributed by atoms with Crippen LogP contribution in [-0.2, 0) is 18.4 Å². The van der Waals surface area contributed by atoms with Gasteiger partial charge in [0.25, 0.3) is 0 Å². The maximum Gasteiger partial charge on any atom is 0.306 e. The molecule has 0 aromatic heterocycles. The number of rotatable bonds is 23. The molecule has 0 aliphatic heterocycles. The number of ether oxygens (including phenoxy) is 1. The molecular formula is C33H71NO4Si2. The molecule has 0 unspecified atom stereocenters. The van der Waals surface area contributed by atoms with Crippen molar-refractivity contribution < 1.29 is 18.4 Å². The number of carbonyl (C=O) groups is 1. The number of carbonyl (C=O) groups excluding carboxylic acids is 1. The highest BCUT2D eigenvalue weighted by Crippen LogP contribution is 2.37. The fourth-order valence-electron chi connectivity index (χ4n) is 4.24. The van der Waals surface area contributed by atoms with Gasteiger partial charge in [-0.15, -0.1) is 0 Å². The summed E-state index contributed by atoms with van der Waals surface area (Å²) in [6, 6.07) is 0. The van der Waals surface area contributed by atoms with E-state index in [1.54, 1.807) is 0 Å². The third-order valence-corrected chi connectivity index (χ3v) is 18.5. The summed E-state index contributed by atoms with van der Waals surface area (Å²) in [7, 11) is -3.29. The van der Waals surface area contributed by atoms with Gasteiger partial charge in [-0.25, -0.2) is 0 Å². The molecule has 0 saturated carbocycles. The minimum Gasteiger partial charge on any atom is -0.462 e. The molecule has 0 aliphatic carbocycles. The summed E-state index contributed by atoms with van der Waals surface area (Å²) in [5.74, 6) is -0.0114. The van der Waals surface area contributed by atoms with Gasteiger partial charge in [0.05, 0.1) is 0 Å². The Bertz CT molecular complexity index is 612. The second kappa shape index (κ2) is 19.9. The highest BCUT2D eigenvalue weighted by Gasteiger charge is 2.37. The van der Waals surface area contributed by atoms with Crippen molar-refractivity contribution in [2.45, 2.75) is 175 Å². The van der Waals surface area contributed by atoms with Crippen molar-refractivity contribution >= 4 is 22.6 Å². The fourth-order valence-corrected chi connectivity index (χ4v) is 6.41. The maximum atomic E-state index is 12.6. The van der Waals surface area contributed by atoms with Crippen molar-refractivity contribution in [2.75, 3.05) is 32.8 Å². The van der Waals surface area contributed by atoms with Crippen LogP contribution >= 0.6 is 0 Å². The molecule has 0 atom stereocenters. The average Bonchev–Trinajstić information content (AvgIpc) is 2.83. The molecule has 40 heavy (non-hydrogen) atoms. The molecule has 0 heterocycles. The first-order valence-corrected chi connectivity index (χ1v) is 22.5. The van der Waals surface area contributed by atoms with E-state index in [0.717, 1.165) is 77.8 Å². The van der Waals surface area contributed by atoms with Gasteiger partial charge in [-0.2, -0.15) is 0 Å². The predicted octanol–water partition coefficient (Wildman–Crippen LogP) is 9.96. The predicted molar refractivity (Wildman–Crippen MR) is 179 cm³/mol. The third-order valence-electron chi connectivity index (χ3n) is 9.43. The zero-order valence-corrected chi connectivity index (χ0v) is 31.2. The molecule has 0 amide bonds. The molecule has 0 rings (SSSR count). The Morgan fingerprint density at radius 2 is 1.05 bits per heavy atom. The second-order valence-electron chi connectivity index (χ2n) is 14.9. The summed E-state index contributed by atoms with van der Waals surface area (Å²) in [6.07, 6.45) is 12.7. The lowest BCUT2D eigenvalue weighted by Gasteiger charge is -2.36. The van der Waals surface area contributed by atoms with E-state index >= 15 is 0 Å². The van der Waals surface area contributed by atoms with E-state index in [1.807, 2.05) is 0 Å². The van der Waals surface area contributed by atoms with Crippen molar-refractivity contribution in [3.8, 4) is 0 Å². The number of hydrogen-bond acceptors (Lipinski definition) is 5. The Hall–Kier alpha value is -0.216. The van der Waals surface area contributed by atoms with Crippen LogP contribution in [0.3, 0.4) is 0 Å². The lowest BCUT2D eigenvalue weighted by atomic mass is 10.0. The van der Waals surface area contributed by atoms with Gasteiger partial charge < -0.3 is 18.5 Å². The smallest absolute Gasteiger partial charge is 0.306 e. The topological polar surface area (TPSA) is 48.0 Å². The van der Waals surface area contributed by atoms with Crippen LogP contribution in [0.1, 0.15) is 132 Å². The monoisotopic (exact) mass is 601 g/mol. The van der Waals surface area contributed by atoms with Gasteiger partial charge in [0.15, 0.2) is 16.6 Å². The number of hydrogen-bond donors (Lipinski definition) is 0. The SMILES string of the molecule is CCN(CC)CCCC(=O)OC(CCCCCCO[Si](C)(C)C(C)(C)C)CCCCCCO[Si](C)(C)C(C)(C)C. The lowest BCUT2D eigenvalue weighted by Crippen LogP contribution is -2.40. The highest BCUT2D eigenvalue weighted by molar-refractivity contribution is 6.74. The van der Waals surface area contributed by atoms with Crippen LogP contribution in [0.25, 0.3) is 0 Å².